The van der Waals surface area contributed by atoms with Crippen LogP contribution in [0.25, 0.3) is 0 Å². The van der Waals surface area contributed by atoms with Gasteiger partial charge in [-0.25, -0.2) is 4.98 Å². The minimum atomic E-state index is -0.365. The van der Waals surface area contributed by atoms with Crippen LogP contribution in [0.15, 0.2) is 36.7 Å². The molecule has 1 aliphatic rings. The fraction of sp³-hybridized carbons (Fsp3) is 0.286. The molecule has 1 aliphatic carbocycles. The fourth-order valence-corrected chi connectivity index (χ4v) is 2.47. The first-order valence-corrected chi connectivity index (χ1v) is 6.32. The van der Waals surface area contributed by atoms with Gasteiger partial charge in [-0.2, -0.15) is 0 Å². The zero-order valence-corrected chi connectivity index (χ0v) is 10.8. The smallest absolute Gasteiger partial charge is 0.242 e. The summed E-state index contributed by atoms with van der Waals surface area (Å²) in [7, 11) is 0. The van der Waals surface area contributed by atoms with E-state index in [1.165, 1.54) is 0 Å². The number of hydrogen-bond donors (Lipinski definition) is 0. The molecule has 0 unspecified atom stereocenters. The molecular weight excluding hydrogens is 248 g/mol. The maximum Gasteiger partial charge on any atom is 0.242 e. The summed E-state index contributed by atoms with van der Waals surface area (Å²) >= 11 is 5.89. The molecule has 0 N–H and O–H groups in total. The van der Waals surface area contributed by atoms with Gasteiger partial charge in [-0.1, -0.05) is 23.7 Å². The molecule has 1 aromatic heterocycles. The number of nitrogens with zero attached hydrogens (tertiary/aromatic N) is 2. The molecule has 1 saturated carbocycles. The molecule has 3 rings (SSSR count). The second-order valence-corrected chi connectivity index (χ2v) is 5.18. The van der Waals surface area contributed by atoms with Crippen molar-refractivity contribution in [1.29, 1.82) is 0 Å². The van der Waals surface area contributed by atoms with Gasteiger partial charge in [0.25, 0.3) is 0 Å². The highest BCUT2D eigenvalue weighted by Gasteiger charge is 2.52. The van der Waals surface area contributed by atoms with Gasteiger partial charge in [-0.3, -0.25) is 9.36 Å². The third kappa shape index (κ3) is 1.66. The molecule has 92 valence electrons. The first-order chi connectivity index (χ1) is 8.63. The Bertz CT molecular complexity index is 597. The molecule has 0 aliphatic heterocycles. The second kappa shape index (κ2) is 3.95. The molecule has 1 aromatic carbocycles. The Kier molecular flexibility index (Phi) is 2.52. The summed E-state index contributed by atoms with van der Waals surface area (Å²) in [5, 5.41) is 0.695. The van der Waals surface area contributed by atoms with E-state index in [1.807, 2.05) is 31.2 Å². The van der Waals surface area contributed by atoms with E-state index in [4.69, 9.17) is 11.6 Å². The van der Waals surface area contributed by atoms with E-state index < -0.39 is 0 Å². The number of aromatic nitrogens is 2. The van der Waals surface area contributed by atoms with Gasteiger partial charge in [0, 0.05) is 17.4 Å². The normalized spacial score (nSPS) is 16.6. The Hall–Kier alpha value is -1.61. The van der Waals surface area contributed by atoms with E-state index in [1.54, 1.807) is 17.0 Å². The van der Waals surface area contributed by atoms with E-state index in [9.17, 15) is 4.79 Å². The summed E-state index contributed by atoms with van der Waals surface area (Å²) in [4.78, 5) is 16.7. The Labute approximate surface area is 110 Å². The quantitative estimate of drug-likeness (QED) is 0.831. The van der Waals surface area contributed by atoms with E-state index in [-0.39, 0.29) is 11.3 Å². The van der Waals surface area contributed by atoms with Crippen LogP contribution in [-0.4, -0.2) is 15.5 Å². The maximum atomic E-state index is 12.6. The summed E-state index contributed by atoms with van der Waals surface area (Å²) in [6.07, 6.45) is 5.18. The number of aryl methyl sites for hydroxylation is 1. The summed E-state index contributed by atoms with van der Waals surface area (Å²) < 4.78 is 1.64. The Morgan fingerprint density at radius 1 is 1.33 bits per heavy atom. The van der Waals surface area contributed by atoms with Crippen molar-refractivity contribution in [3.05, 3.63) is 53.1 Å². The fourth-order valence-electron chi connectivity index (χ4n) is 2.34. The van der Waals surface area contributed by atoms with E-state index in [0.717, 1.165) is 24.2 Å². The molecule has 1 heterocycles. The molecular formula is C14H13ClN2O. The van der Waals surface area contributed by atoms with Gasteiger partial charge in [-0.05, 0) is 37.5 Å². The van der Waals surface area contributed by atoms with Crippen molar-refractivity contribution in [2.24, 2.45) is 0 Å². The van der Waals surface area contributed by atoms with Crippen LogP contribution in [-0.2, 0) is 5.41 Å². The maximum absolute atomic E-state index is 12.6. The zero-order valence-electron chi connectivity index (χ0n) is 10.1. The standard InChI is InChI=1S/C14H13ClN2O/c1-10-16-8-9-17(10)13(18)14(6-7-14)11-2-4-12(15)5-3-11/h2-5,8-9H,6-7H2,1H3. The molecule has 18 heavy (non-hydrogen) atoms. The zero-order chi connectivity index (χ0) is 12.8. The average molecular weight is 261 g/mol. The third-order valence-corrected chi connectivity index (χ3v) is 3.85. The summed E-state index contributed by atoms with van der Waals surface area (Å²) in [5.74, 6) is 0.847. The Morgan fingerprint density at radius 2 is 2.00 bits per heavy atom. The van der Waals surface area contributed by atoms with Gasteiger partial charge in [-0.15, -0.1) is 0 Å². The predicted molar refractivity (Wildman–Crippen MR) is 70.0 cm³/mol. The summed E-state index contributed by atoms with van der Waals surface area (Å²) in [6, 6.07) is 7.56. The topological polar surface area (TPSA) is 34.9 Å². The summed E-state index contributed by atoms with van der Waals surface area (Å²) in [5.41, 5.74) is 0.681. The molecule has 0 amide bonds. The highest BCUT2D eigenvalue weighted by atomic mass is 35.5. The number of rotatable bonds is 2. The average Bonchev–Trinajstić information content (AvgIpc) is 3.07. The lowest BCUT2D eigenvalue weighted by Crippen LogP contribution is -2.27. The van der Waals surface area contributed by atoms with Gasteiger partial charge in [0.2, 0.25) is 5.91 Å². The highest BCUT2D eigenvalue weighted by molar-refractivity contribution is 6.30. The SMILES string of the molecule is Cc1nccn1C(=O)C1(c2ccc(Cl)cc2)CC1. The van der Waals surface area contributed by atoms with Crippen LogP contribution in [0, 0.1) is 6.92 Å². The van der Waals surface area contributed by atoms with Crippen molar-refractivity contribution >= 4 is 17.5 Å². The largest absolute Gasteiger partial charge is 0.273 e. The number of carbonyl (C=O) groups is 1. The molecule has 0 spiro atoms. The van der Waals surface area contributed by atoms with E-state index in [2.05, 4.69) is 4.98 Å². The van der Waals surface area contributed by atoms with Crippen LogP contribution in [0.5, 0.6) is 0 Å². The van der Waals surface area contributed by atoms with Crippen LogP contribution in [0.2, 0.25) is 5.02 Å². The molecule has 4 heteroatoms. The van der Waals surface area contributed by atoms with Crippen molar-refractivity contribution in [3.8, 4) is 0 Å². The predicted octanol–water partition coefficient (Wildman–Crippen LogP) is 3.22. The van der Waals surface area contributed by atoms with Crippen molar-refractivity contribution in [2.45, 2.75) is 25.2 Å². The highest BCUT2D eigenvalue weighted by Crippen LogP contribution is 2.49. The number of halogens is 1. The number of hydrogen-bond acceptors (Lipinski definition) is 2. The van der Waals surface area contributed by atoms with Crippen LogP contribution in [0.1, 0.15) is 29.0 Å². The first-order valence-electron chi connectivity index (χ1n) is 5.94. The first kappa shape index (κ1) is 11.5. The van der Waals surface area contributed by atoms with Crippen molar-refractivity contribution in [1.82, 2.24) is 9.55 Å². The van der Waals surface area contributed by atoms with Crippen molar-refractivity contribution < 1.29 is 4.79 Å². The minimum absolute atomic E-state index is 0.111. The second-order valence-electron chi connectivity index (χ2n) is 4.74. The summed E-state index contributed by atoms with van der Waals surface area (Å²) in [6.45, 7) is 1.84. The van der Waals surface area contributed by atoms with Crippen LogP contribution in [0.3, 0.4) is 0 Å². The Morgan fingerprint density at radius 3 is 2.50 bits per heavy atom. The lowest BCUT2D eigenvalue weighted by molar-refractivity contribution is 0.0860. The van der Waals surface area contributed by atoms with Gasteiger partial charge < -0.3 is 0 Å². The van der Waals surface area contributed by atoms with E-state index in [0.29, 0.717) is 5.02 Å². The van der Waals surface area contributed by atoms with Gasteiger partial charge in [0.1, 0.15) is 5.82 Å². The van der Waals surface area contributed by atoms with Crippen molar-refractivity contribution in [3.63, 3.8) is 0 Å². The van der Waals surface area contributed by atoms with Crippen molar-refractivity contribution in [2.75, 3.05) is 0 Å². The molecule has 2 aromatic rings. The van der Waals surface area contributed by atoms with Crippen LogP contribution < -0.4 is 0 Å². The number of carbonyl (C=O) groups excluding carboxylic acids is 1. The van der Waals surface area contributed by atoms with E-state index >= 15 is 0 Å². The number of benzene rings is 1. The monoisotopic (exact) mass is 260 g/mol. The lowest BCUT2D eigenvalue weighted by atomic mass is 9.95. The van der Waals surface area contributed by atoms with Crippen LogP contribution >= 0.6 is 11.6 Å². The van der Waals surface area contributed by atoms with Gasteiger partial charge >= 0.3 is 0 Å². The van der Waals surface area contributed by atoms with Crippen LogP contribution in [0.4, 0.5) is 0 Å². The molecule has 1 fully saturated rings. The molecule has 3 nitrogen and oxygen atoms in total. The Balaban J connectivity index is 1.99. The minimum Gasteiger partial charge on any atom is -0.273 e. The van der Waals surface area contributed by atoms with Gasteiger partial charge in [0.05, 0.1) is 5.41 Å². The molecule has 0 saturated heterocycles. The third-order valence-electron chi connectivity index (χ3n) is 3.60. The molecule has 0 radical (unpaired) electrons. The molecule has 0 atom stereocenters. The van der Waals surface area contributed by atoms with Gasteiger partial charge in [0.15, 0.2) is 0 Å². The number of imidazole rings is 1. The molecule has 0 bridgehead atoms. The lowest BCUT2D eigenvalue weighted by Gasteiger charge is -2.15.